The molecule has 0 amide bonds. The SMILES string of the molecule is CCOC(=O)c1cc2c(N(C)C)ccc(N=Nc3ncn[nH]3)c2s1. The quantitative estimate of drug-likeness (QED) is 0.562. The largest absolute Gasteiger partial charge is 0.462 e. The number of rotatable bonds is 5. The van der Waals surface area contributed by atoms with Gasteiger partial charge in [0.1, 0.15) is 16.9 Å². The van der Waals surface area contributed by atoms with Gasteiger partial charge in [0.2, 0.25) is 0 Å². The Morgan fingerprint density at radius 2 is 2.21 bits per heavy atom. The highest BCUT2D eigenvalue weighted by molar-refractivity contribution is 7.21. The molecule has 3 rings (SSSR count). The molecule has 0 aliphatic heterocycles. The summed E-state index contributed by atoms with van der Waals surface area (Å²) in [6.45, 7) is 2.12. The molecular weight excluding hydrogens is 328 g/mol. The van der Waals surface area contributed by atoms with Gasteiger partial charge in [0.05, 0.1) is 11.3 Å². The highest BCUT2D eigenvalue weighted by atomic mass is 32.1. The molecule has 0 saturated carbocycles. The average Bonchev–Trinajstić information content (AvgIpc) is 3.22. The first-order valence-corrected chi connectivity index (χ1v) is 8.10. The number of nitrogens with one attached hydrogen (secondary N) is 1. The standard InChI is InChI=1S/C15H16N6O2S/c1-4-23-14(22)12-7-9-11(21(2)3)6-5-10(13(9)24-12)18-20-15-16-8-17-19-15/h5-8H,4H2,1-3H3,(H,16,17,19). The molecule has 124 valence electrons. The molecule has 0 unspecified atom stereocenters. The number of thiophene rings is 1. The number of fused-ring (bicyclic) bond motifs is 1. The third kappa shape index (κ3) is 3.11. The minimum Gasteiger partial charge on any atom is -0.462 e. The second kappa shape index (κ2) is 6.75. The fourth-order valence-corrected chi connectivity index (χ4v) is 3.24. The van der Waals surface area contributed by atoms with E-state index in [0.29, 0.717) is 23.1 Å². The molecule has 0 fully saturated rings. The van der Waals surface area contributed by atoms with Gasteiger partial charge < -0.3 is 9.64 Å². The van der Waals surface area contributed by atoms with Crippen molar-refractivity contribution in [3.8, 4) is 0 Å². The fourth-order valence-electron chi connectivity index (χ4n) is 2.21. The molecule has 9 heteroatoms. The van der Waals surface area contributed by atoms with Crippen molar-refractivity contribution in [1.29, 1.82) is 0 Å². The molecule has 24 heavy (non-hydrogen) atoms. The number of ether oxygens (including phenoxy) is 1. The normalized spacial score (nSPS) is 11.3. The molecule has 0 atom stereocenters. The van der Waals surface area contributed by atoms with E-state index in [9.17, 15) is 4.79 Å². The summed E-state index contributed by atoms with van der Waals surface area (Å²) >= 11 is 1.34. The van der Waals surface area contributed by atoms with Gasteiger partial charge in [0.15, 0.2) is 0 Å². The number of esters is 1. The van der Waals surface area contributed by atoms with E-state index >= 15 is 0 Å². The Kier molecular flexibility index (Phi) is 4.52. The van der Waals surface area contributed by atoms with E-state index in [-0.39, 0.29) is 5.97 Å². The Balaban J connectivity index is 2.09. The summed E-state index contributed by atoms with van der Waals surface area (Å²) in [5.41, 5.74) is 1.66. The Labute approximate surface area is 142 Å². The van der Waals surface area contributed by atoms with Crippen LogP contribution in [0, 0.1) is 0 Å². The van der Waals surface area contributed by atoms with Crippen LogP contribution in [-0.4, -0.2) is 41.9 Å². The van der Waals surface area contributed by atoms with Crippen LogP contribution >= 0.6 is 11.3 Å². The minimum atomic E-state index is -0.332. The Morgan fingerprint density at radius 3 is 2.88 bits per heavy atom. The first-order valence-electron chi connectivity index (χ1n) is 7.28. The number of hydrogen-bond donors (Lipinski definition) is 1. The summed E-state index contributed by atoms with van der Waals surface area (Å²) in [6, 6.07) is 5.64. The summed E-state index contributed by atoms with van der Waals surface area (Å²) in [6.07, 6.45) is 1.36. The minimum absolute atomic E-state index is 0.321. The number of carbonyl (C=O) groups is 1. The van der Waals surface area contributed by atoms with Crippen molar-refractivity contribution in [2.75, 3.05) is 25.6 Å². The number of hydrogen-bond acceptors (Lipinski definition) is 8. The van der Waals surface area contributed by atoms with Crippen LogP contribution in [0.2, 0.25) is 0 Å². The van der Waals surface area contributed by atoms with Crippen LogP contribution in [0.25, 0.3) is 10.1 Å². The molecule has 0 radical (unpaired) electrons. The van der Waals surface area contributed by atoms with Crippen LogP contribution in [0.4, 0.5) is 17.3 Å². The Morgan fingerprint density at radius 1 is 1.38 bits per heavy atom. The van der Waals surface area contributed by atoms with Crippen molar-refractivity contribution in [2.45, 2.75) is 6.92 Å². The molecule has 0 aliphatic carbocycles. The van der Waals surface area contributed by atoms with Gasteiger partial charge in [0, 0.05) is 25.2 Å². The fraction of sp³-hybridized carbons (Fsp3) is 0.267. The van der Waals surface area contributed by atoms with Crippen LogP contribution in [0.1, 0.15) is 16.6 Å². The van der Waals surface area contributed by atoms with E-state index in [1.165, 1.54) is 17.7 Å². The van der Waals surface area contributed by atoms with Crippen LogP contribution in [-0.2, 0) is 4.74 Å². The first-order chi connectivity index (χ1) is 11.6. The molecule has 2 aromatic heterocycles. The number of benzene rings is 1. The van der Waals surface area contributed by atoms with Gasteiger partial charge in [-0.3, -0.25) is 0 Å². The maximum Gasteiger partial charge on any atom is 0.348 e. The predicted molar refractivity (Wildman–Crippen MR) is 92.7 cm³/mol. The van der Waals surface area contributed by atoms with Crippen molar-refractivity contribution in [2.24, 2.45) is 10.2 Å². The first kappa shape index (κ1) is 16.1. The Bertz CT molecular complexity index is 885. The summed E-state index contributed by atoms with van der Waals surface area (Å²) < 4.78 is 5.97. The lowest BCUT2D eigenvalue weighted by Crippen LogP contribution is -2.08. The van der Waals surface area contributed by atoms with Crippen LogP contribution < -0.4 is 4.90 Å². The van der Waals surface area contributed by atoms with Gasteiger partial charge in [-0.15, -0.1) is 21.6 Å². The lowest BCUT2D eigenvalue weighted by Gasteiger charge is -2.14. The van der Waals surface area contributed by atoms with Gasteiger partial charge in [-0.25, -0.2) is 9.89 Å². The molecule has 1 aromatic carbocycles. The van der Waals surface area contributed by atoms with Crippen LogP contribution in [0.15, 0.2) is 34.8 Å². The molecule has 2 heterocycles. The van der Waals surface area contributed by atoms with Gasteiger partial charge in [0.25, 0.3) is 5.95 Å². The van der Waals surface area contributed by atoms with Crippen LogP contribution in [0.3, 0.4) is 0 Å². The van der Waals surface area contributed by atoms with Gasteiger partial charge in [-0.2, -0.15) is 10.1 Å². The molecule has 3 aromatic rings. The summed E-state index contributed by atoms with van der Waals surface area (Å²) in [5.74, 6) is -0.0106. The molecule has 0 saturated heterocycles. The molecule has 8 nitrogen and oxygen atoms in total. The second-order valence-corrected chi connectivity index (χ2v) is 6.13. The van der Waals surface area contributed by atoms with Crippen molar-refractivity contribution in [3.05, 3.63) is 29.4 Å². The number of H-pyrrole nitrogens is 1. The monoisotopic (exact) mass is 344 g/mol. The highest BCUT2D eigenvalue weighted by Gasteiger charge is 2.16. The van der Waals surface area contributed by atoms with Crippen molar-refractivity contribution in [3.63, 3.8) is 0 Å². The summed E-state index contributed by atoms with van der Waals surface area (Å²) in [7, 11) is 3.90. The molecular formula is C15H16N6O2S. The number of carbonyl (C=O) groups excluding carboxylic acids is 1. The zero-order chi connectivity index (χ0) is 17.1. The van der Waals surface area contributed by atoms with Gasteiger partial charge in [-0.05, 0) is 25.1 Å². The Hall–Kier alpha value is -2.81. The van der Waals surface area contributed by atoms with Crippen molar-refractivity contribution < 1.29 is 9.53 Å². The molecule has 0 aliphatic rings. The maximum absolute atomic E-state index is 12.0. The summed E-state index contributed by atoms with van der Waals surface area (Å²) in [5, 5.41) is 15.5. The van der Waals surface area contributed by atoms with E-state index in [0.717, 1.165) is 15.8 Å². The number of nitrogens with zero attached hydrogens (tertiary/aromatic N) is 5. The highest BCUT2D eigenvalue weighted by Crippen LogP contribution is 2.40. The smallest absolute Gasteiger partial charge is 0.348 e. The zero-order valence-corrected chi connectivity index (χ0v) is 14.3. The third-order valence-electron chi connectivity index (χ3n) is 3.25. The molecule has 0 bridgehead atoms. The van der Waals surface area contributed by atoms with Gasteiger partial charge >= 0.3 is 5.97 Å². The summed E-state index contributed by atoms with van der Waals surface area (Å²) in [4.78, 5) is 18.5. The van der Waals surface area contributed by atoms with E-state index < -0.39 is 0 Å². The number of azo groups is 1. The van der Waals surface area contributed by atoms with E-state index in [1.54, 1.807) is 6.92 Å². The van der Waals surface area contributed by atoms with E-state index in [2.05, 4.69) is 25.4 Å². The number of anilines is 1. The maximum atomic E-state index is 12.0. The lowest BCUT2D eigenvalue weighted by molar-refractivity contribution is 0.0532. The van der Waals surface area contributed by atoms with Crippen molar-refractivity contribution >= 4 is 44.7 Å². The number of aromatic amines is 1. The van der Waals surface area contributed by atoms with E-state index in [1.807, 2.05) is 37.2 Å². The van der Waals surface area contributed by atoms with E-state index in [4.69, 9.17) is 4.74 Å². The average molecular weight is 344 g/mol. The molecule has 0 spiro atoms. The van der Waals surface area contributed by atoms with Gasteiger partial charge in [-0.1, -0.05) is 0 Å². The topological polar surface area (TPSA) is 95.8 Å². The van der Waals surface area contributed by atoms with Crippen molar-refractivity contribution in [1.82, 2.24) is 15.2 Å². The predicted octanol–water partition coefficient (Wildman–Crippen LogP) is 3.68. The number of aromatic nitrogens is 3. The van der Waals surface area contributed by atoms with Crippen LogP contribution in [0.5, 0.6) is 0 Å². The third-order valence-corrected chi connectivity index (χ3v) is 4.39. The second-order valence-electron chi connectivity index (χ2n) is 5.08. The molecule has 1 N–H and O–H groups in total. The zero-order valence-electron chi connectivity index (χ0n) is 13.5. The lowest BCUT2D eigenvalue weighted by atomic mass is 10.2.